The molecule has 0 aromatic heterocycles. The van der Waals surface area contributed by atoms with Crippen LogP contribution in [0.4, 0.5) is 10.5 Å². The average Bonchev–Trinajstić information content (AvgIpc) is 2.42. The van der Waals surface area contributed by atoms with Crippen LogP contribution in [-0.4, -0.2) is 36.4 Å². The highest BCUT2D eigenvalue weighted by Crippen LogP contribution is 2.24. The van der Waals surface area contributed by atoms with E-state index in [0.29, 0.717) is 17.9 Å². The van der Waals surface area contributed by atoms with Crippen LogP contribution in [0.1, 0.15) is 53.5 Å². The number of nitrogens with one attached hydrogen (secondary N) is 1. The number of carbonyl (C=O) groups is 2. The Balaban J connectivity index is 2.98. The van der Waals surface area contributed by atoms with Gasteiger partial charge in [-0.25, -0.2) is 4.79 Å². The van der Waals surface area contributed by atoms with Crippen molar-refractivity contribution in [3.05, 3.63) is 23.8 Å². The molecule has 0 aliphatic carbocycles. The zero-order chi connectivity index (χ0) is 20.8. The van der Waals surface area contributed by atoms with Crippen LogP contribution >= 0.6 is 0 Å². The summed E-state index contributed by atoms with van der Waals surface area (Å²) in [5.41, 5.74) is 5.96. The first-order valence-corrected chi connectivity index (χ1v) is 8.93. The van der Waals surface area contributed by atoms with Crippen molar-refractivity contribution in [2.24, 2.45) is 0 Å². The van der Waals surface area contributed by atoms with Crippen molar-refractivity contribution in [3.8, 4) is 5.75 Å². The number of methoxy groups -OCH3 is 1. The molecule has 0 saturated heterocycles. The molecule has 0 saturated carbocycles. The summed E-state index contributed by atoms with van der Waals surface area (Å²) in [4.78, 5) is 24.5. The Morgan fingerprint density at radius 2 is 1.67 bits per heavy atom. The molecule has 0 spiro atoms. The average molecular weight is 380 g/mol. The van der Waals surface area contributed by atoms with Crippen molar-refractivity contribution in [2.75, 3.05) is 12.8 Å². The summed E-state index contributed by atoms with van der Waals surface area (Å²) >= 11 is 0. The van der Waals surface area contributed by atoms with Crippen LogP contribution in [-0.2, 0) is 20.7 Å². The maximum atomic E-state index is 12.3. The smallest absolute Gasteiger partial charge is 0.407 e. The van der Waals surface area contributed by atoms with Gasteiger partial charge in [-0.15, -0.1) is 0 Å². The number of anilines is 1. The van der Waals surface area contributed by atoms with Gasteiger partial charge in [-0.2, -0.15) is 0 Å². The van der Waals surface area contributed by atoms with Gasteiger partial charge in [0.2, 0.25) is 0 Å². The van der Waals surface area contributed by atoms with Gasteiger partial charge in [0.1, 0.15) is 17.0 Å². The van der Waals surface area contributed by atoms with Crippen LogP contribution in [0.25, 0.3) is 0 Å². The summed E-state index contributed by atoms with van der Waals surface area (Å²) < 4.78 is 16.0. The SMILES string of the molecule is COc1ccc(N)cc1C[C@@H](CC(=O)OC(C)(C)C)NC(=O)OC(C)(C)C. The molecule has 0 bridgehead atoms. The van der Waals surface area contributed by atoms with Crippen molar-refractivity contribution in [1.29, 1.82) is 0 Å². The lowest BCUT2D eigenvalue weighted by molar-refractivity contribution is -0.155. The lowest BCUT2D eigenvalue weighted by Gasteiger charge is -2.25. The topological polar surface area (TPSA) is 99.9 Å². The molecule has 27 heavy (non-hydrogen) atoms. The minimum atomic E-state index is -0.643. The number of nitrogens with two attached hydrogens (primary N) is 1. The highest BCUT2D eigenvalue weighted by molar-refractivity contribution is 5.73. The molecule has 1 amide bonds. The lowest BCUT2D eigenvalue weighted by Crippen LogP contribution is -2.42. The summed E-state index contributed by atoms with van der Waals surface area (Å²) in [6.07, 6.45) is -0.264. The molecule has 7 heteroatoms. The van der Waals surface area contributed by atoms with E-state index in [9.17, 15) is 9.59 Å². The van der Waals surface area contributed by atoms with E-state index in [1.54, 1.807) is 66.9 Å². The van der Waals surface area contributed by atoms with Gasteiger partial charge in [-0.3, -0.25) is 4.79 Å². The van der Waals surface area contributed by atoms with E-state index in [2.05, 4.69) is 5.32 Å². The molecular formula is C20H32N2O5. The van der Waals surface area contributed by atoms with Gasteiger partial charge >= 0.3 is 12.1 Å². The van der Waals surface area contributed by atoms with Crippen LogP contribution < -0.4 is 15.8 Å². The fourth-order valence-corrected chi connectivity index (χ4v) is 2.46. The number of carbonyl (C=O) groups excluding carboxylic acids is 2. The molecule has 1 aromatic carbocycles. The van der Waals surface area contributed by atoms with Crippen LogP contribution in [0.15, 0.2) is 18.2 Å². The van der Waals surface area contributed by atoms with E-state index >= 15 is 0 Å². The van der Waals surface area contributed by atoms with Crippen LogP contribution in [0.2, 0.25) is 0 Å². The molecule has 0 heterocycles. The second-order valence-electron chi connectivity index (χ2n) is 8.41. The Hall–Kier alpha value is -2.44. The second-order valence-corrected chi connectivity index (χ2v) is 8.41. The first kappa shape index (κ1) is 22.6. The normalized spacial score (nSPS) is 12.9. The summed E-state index contributed by atoms with van der Waals surface area (Å²) in [6, 6.07) is 4.71. The Labute approximate surface area is 161 Å². The molecule has 3 N–H and O–H groups in total. The summed E-state index contributed by atoms with van der Waals surface area (Å²) in [5, 5.41) is 2.75. The summed E-state index contributed by atoms with van der Waals surface area (Å²) in [7, 11) is 1.55. The van der Waals surface area contributed by atoms with Crippen LogP contribution in [0.5, 0.6) is 5.75 Å². The lowest BCUT2D eigenvalue weighted by atomic mass is 10.0. The third-order valence-corrected chi connectivity index (χ3v) is 3.32. The van der Waals surface area contributed by atoms with Crippen molar-refractivity contribution in [2.45, 2.75) is 71.6 Å². The molecule has 1 aromatic rings. The monoisotopic (exact) mass is 380 g/mol. The Kier molecular flexibility index (Phi) is 7.51. The number of hydrogen-bond donors (Lipinski definition) is 2. The minimum absolute atomic E-state index is 0.00549. The van der Waals surface area contributed by atoms with Crippen molar-refractivity contribution in [1.82, 2.24) is 5.32 Å². The first-order chi connectivity index (χ1) is 12.3. The highest BCUT2D eigenvalue weighted by atomic mass is 16.6. The number of ether oxygens (including phenoxy) is 3. The predicted octanol–water partition coefficient (Wildman–Crippen LogP) is 3.45. The van der Waals surface area contributed by atoms with Crippen LogP contribution in [0, 0.1) is 0 Å². The fraction of sp³-hybridized carbons (Fsp3) is 0.600. The van der Waals surface area contributed by atoms with Crippen molar-refractivity contribution in [3.63, 3.8) is 0 Å². The summed E-state index contributed by atoms with van der Waals surface area (Å²) in [5.74, 6) is 0.218. The maximum absolute atomic E-state index is 12.3. The number of nitrogen functional groups attached to an aromatic ring is 1. The number of benzene rings is 1. The van der Waals surface area contributed by atoms with Gasteiger partial charge in [0, 0.05) is 11.7 Å². The molecule has 152 valence electrons. The van der Waals surface area contributed by atoms with E-state index < -0.39 is 29.3 Å². The van der Waals surface area contributed by atoms with E-state index in [4.69, 9.17) is 19.9 Å². The standard InChI is InChI=1S/C20H32N2O5/c1-19(2,3)26-17(23)12-15(22-18(24)27-20(4,5)6)11-13-10-14(21)8-9-16(13)25-7/h8-10,15H,11-12,21H2,1-7H3,(H,22,24)/t15-/m0/s1. The van der Waals surface area contributed by atoms with E-state index in [-0.39, 0.29) is 6.42 Å². The van der Waals surface area contributed by atoms with Gasteiger partial charge in [0.05, 0.1) is 13.5 Å². The predicted molar refractivity (Wildman–Crippen MR) is 105 cm³/mol. The molecule has 0 aliphatic heterocycles. The zero-order valence-electron chi connectivity index (χ0n) is 17.3. The third kappa shape index (κ3) is 9.17. The molecule has 7 nitrogen and oxygen atoms in total. The summed E-state index contributed by atoms with van der Waals surface area (Å²) in [6.45, 7) is 10.7. The number of rotatable bonds is 6. The zero-order valence-corrected chi connectivity index (χ0v) is 17.3. The van der Waals surface area contributed by atoms with Gasteiger partial charge in [-0.05, 0) is 71.7 Å². The molecule has 0 unspecified atom stereocenters. The van der Waals surface area contributed by atoms with Crippen molar-refractivity contribution < 1.29 is 23.8 Å². The molecule has 1 atom stereocenters. The molecule has 0 fully saturated rings. The first-order valence-electron chi connectivity index (χ1n) is 8.93. The number of hydrogen-bond acceptors (Lipinski definition) is 6. The van der Waals surface area contributed by atoms with E-state index in [1.165, 1.54) is 0 Å². The molecule has 1 rings (SSSR count). The Morgan fingerprint density at radius 1 is 1.07 bits per heavy atom. The molecule has 0 aliphatic rings. The van der Waals surface area contributed by atoms with E-state index in [1.807, 2.05) is 0 Å². The number of alkyl carbamates (subject to hydrolysis) is 1. The minimum Gasteiger partial charge on any atom is -0.496 e. The third-order valence-electron chi connectivity index (χ3n) is 3.32. The number of amides is 1. The fourth-order valence-electron chi connectivity index (χ4n) is 2.46. The van der Waals surface area contributed by atoms with Crippen LogP contribution in [0.3, 0.4) is 0 Å². The van der Waals surface area contributed by atoms with Gasteiger partial charge in [0.15, 0.2) is 0 Å². The maximum Gasteiger partial charge on any atom is 0.407 e. The highest BCUT2D eigenvalue weighted by Gasteiger charge is 2.25. The van der Waals surface area contributed by atoms with Gasteiger partial charge in [0.25, 0.3) is 0 Å². The van der Waals surface area contributed by atoms with E-state index in [0.717, 1.165) is 5.56 Å². The largest absolute Gasteiger partial charge is 0.496 e. The number of esters is 1. The van der Waals surface area contributed by atoms with Gasteiger partial charge in [-0.1, -0.05) is 0 Å². The quantitative estimate of drug-likeness (QED) is 0.579. The van der Waals surface area contributed by atoms with Crippen molar-refractivity contribution >= 4 is 17.7 Å². The van der Waals surface area contributed by atoms with Gasteiger partial charge < -0.3 is 25.3 Å². The molecular weight excluding hydrogens is 348 g/mol. The molecule has 0 radical (unpaired) electrons. The Bertz CT molecular complexity index is 629. The Morgan fingerprint density at radius 3 is 2.19 bits per heavy atom. The second kappa shape index (κ2) is 8.97.